The topological polar surface area (TPSA) is 73.0 Å². The van der Waals surface area contributed by atoms with Gasteiger partial charge in [0.25, 0.3) is 11.8 Å². The lowest BCUT2D eigenvalue weighted by atomic mass is 10.0. The monoisotopic (exact) mass is 522 g/mol. The maximum Gasteiger partial charge on any atom is 0.257 e. The maximum atomic E-state index is 13.7. The molecule has 3 aliphatic rings. The SMILES string of the molecule is O=C(Nc1ccc(N2CCN(C(=O)C3CCCC3)CC2)c(C(=O)N2CCCCC2)c1)c1ccccc1Cl. The molecule has 1 N–H and O–H groups in total. The highest BCUT2D eigenvalue weighted by atomic mass is 35.5. The maximum absolute atomic E-state index is 13.7. The highest BCUT2D eigenvalue weighted by Gasteiger charge is 2.31. The van der Waals surface area contributed by atoms with Crippen LogP contribution >= 0.6 is 11.6 Å². The number of piperazine rings is 1. The Bertz CT molecular complexity index is 1150. The van der Waals surface area contributed by atoms with Crippen LogP contribution < -0.4 is 10.2 Å². The predicted octanol–water partition coefficient (Wildman–Crippen LogP) is 5.06. The third kappa shape index (κ3) is 5.77. The van der Waals surface area contributed by atoms with E-state index >= 15 is 0 Å². The van der Waals surface area contributed by atoms with Crippen LogP contribution in [0.5, 0.6) is 0 Å². The molecule has 0 aromatic heterocycles. The number of amides is 3. The van der Waals surface area contributed by atoms with Crippen molar-refractivity contribution in [3.63, 3.8) is 0 Å². The molecule has 3 fully saturated rings. The van der Waals surface area contributed by atoms with Gasteiger partial charge in [0.15, 0.2) is 0 Å². The van der Waals surface area contributed by atoms with Gasteiger partial charge >= 0.3 is 0 Å². The molecule has 1 saturated carbocycles. The number of benzene rings is 2. The number of piperidine rings is 1. The number of carbonyl (C=O) groups is 3. The van der Waals surface area contributed by atoms with Gasteiger partial charge in [-0.1, -0.05) is 36.6 Å². The lowest BCUT2D eigenvalue weighted by Gasteiger charge is -2.38. The standard InChI is InChI=1S/C29H35ClN4O3/c30-25-11-5-4-10-23(25)27(35)31-22-12-13-26(24(20-22)29(37)33-14-6-1-7-15-33)32-16-18-34(19-17-32)28(36)21-8-2-3-9-21/h4-5,10-13,20-21H,1-3,6-9,14-19H2,(H,31,35). The van der Waals surface area contributed by atoms with E-state index in [0.29, 0.717) is 53.9 Å². The molecule has 5 rings (SSSR count). The molecule has 0 radical (unpaired) electrons. The van der Waals surface area contributed by atoms with Gasteiger partial charge in [-0.2, -0.15) is 0 Å². The van der Waals surface area contributed by atoms with Crippen LogP contribution in [0.2, 0.25) is 5.02 Å². The van der Waals surface area contributed by atoms with Gasteiger partial charge in [0.2, 0.25) is 5.91 Å². The first-order valence-corrected chi connectivity index (χ1v) is 13.9. The minimum Gasteiger partial charge on any atom is -0.367 e. The first-order valence-electron chi connectivity index (χ1n) is 13.5. The van der Waals surface area contributed by atoms with E-state index in [1.807, 2.05) is 21.9 Å². The molecule has 8 heteroatoms. The smallest absolute Gasteiger partial charge is 0.257 e. The van der Waals surface area contributed by atoms with Gasteiger partial charge < -0.3 is 20.0 Å². The Morgan fingerprint density at radius 3 is 2.16 bits per heavy atom. The van der Waals surface area contributed by atoms with E-state index in [9.17, 15) is 14.4 Å². The summed E-state index contributed by atoms with van der Waals surface area (Å²) in [5.41, 5.74) is 2.40. The number of halogens is 1. The largest absolute Gasteiger partial charge is 0.367 e. The van der Waals surface area contributed by atoms with Crippen molar-refractivity contribution in [1.82, 2.24) is 9.80 Å². The molecule has 2 saturated heterocycles. The summed E-state index contributed by atoms with van der Waals surface area (Å²) >= 11 is 6.21. The number of carbonyl (C=O) groups excluding carboxylic acids is 3. The second kappa shape index (κ2) is 11.5. The molecule has 0 atom stereocenters. The van der Waals surface area contributed by atoms with E-state index in [1.165, 1.54) is 0 Å². The van der Waals surface area contributed by atoms with Crippen LogP contribution in [0.1, 0.15) is 65.7 Å². The van der Waals surface area contributed by atoms with Crippen molar-refractivity contribution >= 4 is 40.7 Å². The molecule has 37 heavy (non-hydrogen) atoms. The van der Waals surface area contributed by atoms with Crippen molar-refractivity contribution in [3.05, 3.63) is 58.6 Å². The summed E-state index contributed by atoms with van der Waals surface area (Å²) in [4.78, 5) is 45.6. The molecule has 196 valence electrons. The molecule has 0 spiro atoms. The summed E-state index contributed by atoms with van der Waals surface area (Å²) in [6, 6.07) is 12.5. The molecule has 2 aromatic carbocycles. The van der Waals surface area contributed by atoms with Crippen molar-refractivity contribution in [2.45, 2.75) is 44.9 Å². The van der Waals surface area contributed by atoms with Crippen LogP contribution in [-0.4, -0.2) is 66.8 Å². The van der Waals surface area contributed by atoms with Crippen molar-refractivity contribution in [1.29, 1.82) is 0 Å². The summed E-state index contributed by atoms with van der Waals surface area (Å²) in [6.07, 6.45) is 7.47. The number of hydrogen-bond donors (Lipinski definition) is 1. The Balaban J connectivity index is 1.35. The zero-order valence-electron chi connectivity index (χ0n) is 21.3. The second-order valence-corrected chi connectivity index (χ2v) is 10.7. The minimum atomic E-state index is -0.311. The predicted molar refractivity (Wildman–Crippen MR) is 146 cm³/mol. The zero-order valence-corrected chi connectivity index (χ0v) is 22.0. The lowest BCUT2D eigenvalue weighted by molar-refractivity contribution is -0.135. The van der Waals surface area contributed by atoms with E-state index in [2.05, 4.69) is 10.2 Å². The highest BCUT2D eigenvalue weighted by Crippen LogP contribution is 2.30. The average Bonchev–Trinajstić information content (AvgIpc) is 3.48. The average molecular weight is 523 g/mol. The van der Waals surface area contributed by atoms with Gasteiger partial charge in [-0.3, -0.25) is 14.4 Å². The Morgan fingerprint density at radius 2 is 1.46 bits per heavy atom. The highest BCUT2D eigenvalue weighted by molar-refractivity contribution is 6.34. The molecule has 2 aliphatic heterocycles. The summed E-state index contributed by atoms with van der Waals surface area (Å²) < 4.78 is 0. The van der Waals surface area contributed by atoms with Crippen molar-refractivity contribution < 1.29 is 14.4 Å². The van der Waals surface area contributed by atoms with Gasteiger partial charge in [0, 0.05) is 56.6 Å². The quantitative estimate of drug-likeness (QED) is 0.596. The van der Waals surface area contributed by atoms with Crippen LogP contribution in [0.4, 0.5) is 11.4 Å². The van der Waals surface area contributed by atoms with Crippen molar-refractivity contribution in [2.24, 2.45) is 5.92 Å². The third-order valence-electron chi connectivity index (χ3n) is 7.88. The van der Waals surface area contributed by atoms with Gasteiger partial charge in [-0.25, -0.2) is 0 Å². The Kier molecular flexibility index (Phi) is 7.99. The molecule has 1 aliphatic carbocycles. The van der Waals surface area contributed by atoms with E-state index in [-0.39, 0.29) is 17.7 Å². The Morgan fingerprint density at radius 1 is 0.757 bits per heavy atom. The number of rotatable bonds is 5. The number of anilines is 2. The first kappa shape index (κ1) is 25.6. The van der Waals surface area contributed by atoms with E-state index < -0.39 is 0 Å². The fraction of sp³-hybridized carbons (Fsp3) is 0.483. The van der Waals surface area contributed by atoms with Gasteiger partial charge in [-0.05, 0) is 62.4 Å². The lowest BCUT2D eigenvalue weighted by Crippen LogP contribution is -2.50. The molecule has 0 bridgehead atoms. The number of hydrogen-bond acceptors (Lipinski definition) is 4. The molecule has 2 heterocycles. The molecule has 2 aromatic rings. The summed E-state index contributed by atoms with van der Waals surface area (Å²) in [6.45, 7) is 4.19. The van der Waals surface area contributed by atoms with Crippen molar-refractivity contribution in [2.75, 3.05) is 49.5 Å². The van der Waals surface area contributed by atoms with Crippen LogP contribution in [0.3, 0.4) is 0 Å². The minimum absolute atomic E-state index is 0.00648. The van der Waals surface area contributed by atoms with Gasteiger partial charge in [0.1, 0.15) is 0 Å². The molecule has 0 unspecified atom stereocenters. The van der Waals surface area contributed by atoms with E-state index in [1.54, 1.807) is 30.3 Å². The number of nitrogens with one attached hydrogen (secondary N) is 1. The number of likely N-dealkylation sites (tertiary alicyclic amines) is 1. The first-order chi connectivity index (χ1) is 18.0. The second-order valence-electron chi connectivity index (χ2n) is 10.3. The normalized spacial score (nSPS) is 18.7. The van der Waals surface area contributed by atoms with E-state index in [4.69, 9.17) is 11.6 Å². The van der Waals surface area contributed by atoms with Crippen LogP contribution in [0, 0.1) is 5.92 Å². The Hall–Kier alpha value is -3.06. The summed E-state index contributed by atoms with van der Waals surface area (Å²) in [5.74, 6) is 0.157. The Labute approximate surface area is 223 Å². The zero-order chi connectivity index (χ0) is 25.8. The van der Waals surface area contributed by atoms with Crippen LogP contribution in [-0.2, 0) is 4.79 Å². The molecule has 3 amide bonds. The summed E-state index contributed by atoms with van der Waals surface area (Å²) in [5, 5.41) is 3.30. The van der Waals surface area contributed by atoms with Crippen molar-refractivity contribution in [3.8, 4) is 0 Å². The summed E-state index contributed by atoms with van der Waals surface area (Å²) in [7, 11) is 0. The van der Waals surface area contributed by atoms with Gasteiger partial charge in [0.05, 0.1) is 16.1 Å². The third-order valence-corrected chi connectivity index (χ3v) is 8.21. The van der Waals surface area contributed by atoms with Crippen LogP contribution in [0.15, 0.2) is 42.5 Å². The van der Waals surface area contributed by atoms with E-state index in [0.717, 1.165) is 63.7 Å². The number of nitrogens with zero attached hydrogens (tertiary/aromatic N) is 3. The fourth-order valence-corrected chi connectivity index (χ4v) is 5.99. The molecule has 7 nitrogen and oxygen atoms in total. The van der Waals surface area contributed by atoms with Gasteiger partial charge in [-0.15, -0.1) is 0 Å². The molecular formula is C29H35ClN4O3. The molecular weight excluding hydrogens is 488 g/mol. The fourth-order valence-electron chi connectivity index (χ4n) is 5.77. The van der Waals surface area contributed by atoms with Crippen LogP contribution in [0.25, 0.3) is 0 Å².